The molecular weight excluding hydrogens is 237 g/mol. The van der Waals surface area contributed by atoms with E-state index in [4.69, 9.17) is 5.11 Å². The van der Waals surface area contributed by atoms with E-state index in [9.17, 15) is 14.0 Å². The van der Waals surface area contributed by atoms with Crippen molar-refractivity contribution in [1.29, 1.82) is 0 Å². The molecule has 1 fully saturated rings. The summed E-state index contributed by atoms with van der Waals surface area (Å²) in [6.07, 6.45) is 0.514. The first-order valence-corrected chi connectivity index (χ1v) is 5.50. The molecule has 1 amide bonds. The zero-order chi connectivity index (χ0) is 13.3. The molecule has 1 N–H and O–H groups in total. The lowest BCUT2D eigenvalue weighted by atomic mass is 10.1. The number of hydrogen-bond donors (Lipinski definition) is 1. The topological polar surface area (TPSA) is 57.6 Å². The number of aliphatic carboxylic acids is 1. The highest BCUT2D eigenvalue weighted by Crippen LogP contribution is 2.28. The quantitative estimate of drug-likeness (QED) is 0.893. The van der Waals surface area contributed by atoms with Gasteiger partial charge >= 0.3 is 5.97 Å². The Labute approximate surface area is 103 Å². The van der Waals surface area contributed by atoms with E-state index >= 15 is 0 Å². The highest BCUT2D eigenvalue weighted by Gasteiger charge is 2.36. The van der Waals surface area contributed by atoms with Crippen molar-refractivity contribution in [2.45, 2.75) is 18.9 Å². The van der Waals surface area contributed by atoms with Gasteiger partial charge in [0, 0.05) is 17.7 Å². The third kappa shape index (κ3) is 2.11. The molecule has 1 saturated heterocycles. The number of amides is 1. The molecule has 1 unspecified atom stereocenters. The van der Waals surface area contributed by atoms with Gasteiger partial charge in [0.15, 0.2) is 0 Å². The van der Waals surface area contributed by atoms with Crippen molar-refractivity contribution in [2.24, 2.45) is 0 Å². The zero-order valence-corrected chi connectivity index (χ0v) is 9.60. The average molecular weight is 249 g/mol. The highest BCUT2D eigenvalue weighted by atomic mass is 19.1. The maximum Gasteiger partial charge on any atom is 0.326 e. The molecule has 0 aromatic heterocycles. The SMILES string of the molecule is C=C(F)c1ccc(N2C(=O)CCC2C(=O)O)cc1. The van der Waals surface area contributed by atoms with Crippen LogP contribution < -0.4 is 4.90 Å². The van der Waals surface area contributed by atoms with Crippen LogP contribution in [-0.4, -0.2) is 23.0 Å². The minimum Gasteiger partial charge on any atom is -0.480 e. The number of hydrogen-bond acceptors (Lipinski definition) is 2. The third-order valence-electron chi connectivity index (χ3n) is 2.96. The summed E-state index contributed by atoms with van der Waals surface area (Å²) in [6, 6.07) is 5.17. The number of nitrogens with zero attached hydrogens (tertiary/aromatic N) is 1. The first-order chi connectivity index (χ1) is 8.50. The fraction of sp³-hybridized carbons (Fsp3) is 0.231. The van der Waals surface area contributed by atoms with Crippen molar-refractivity contribution >= 4 is 23.4 Å². The minimum absolute atomic E-state index is 0.217. The molecular formula is C13H12FNO3. The van der Waals surface area contributed by atoms with Gasteiger partial charge in [-0.15, -0.1) is 0 Å². The van der Waals surface area contributed by atoms with Gasteiger partial charge in [-0.2, -0.15) is 0 Å². The van der Waals surface area contributed by atoms with Crippen molar-refractivity contribution < 1.29 is 19.1 Å². The van der Waals surface area contributed by atoms with Crippen LogP contribution in [0.1, 0.15) is 18.4 Å². The Morgan fingerprint density at radius 2 is 2.00 bits per heavy atom. The fourth-order valence-electron chi connectivity index (χ4n) is 2.04. The van der Waals surface area contributed by atoms with E-state index in [1.165, 1.54) is 29.2 Å². The molecule has 1 aliphatic rings. The second kappa shape index (κ2) is 4.60. The average Bonchev–Trinajstić information content (AvgIpc) is 2.71. The van der Waals surface area contributed by atoms with Crippen LogP contribution in [0.2, 0.25) is 0 Å². The van der Waals surface area contributed by atoms with Crippen molar-refractivity contribution in [3.8, 4) is 0 Å². The summed E-state index contributed by atoms with van der Waals surface area (Å²) >= 11 is 0. The number of rotatable bonds is 3. The fourth-order valence-corrected chi connectivity index (χ4v) is 2.04. The van der Waals surface area contributed by atoms with E-state index in [-0.39, 0.29) is 12.3 Å². The minimum atomic E-state index is -1.03. The molecule has 94 valence electrons. The highest BCUT2D eigenvalue weighted by molar-refractivity contribution is 6.02. The van der Waals surface area contributed by atoms with E-state index in [0.717, 1.165) is 0 Å². The predicted octanol–water partition coefficient (Wildman–Crippen LogP) is 2.21. The maximum atomic E-state index is 12.9. The molecule has 2 rings (SSSR count). The molecule has 0 aliphatic carbocycles. The van der Waals surface area contributed by atoms with Gasteiger partial charge in [-0.3, -0.25) is 9.69 Å². The van der Waals surface area contributed by atoms with Crippen LogP contribution in [0.25, 0.3) is 5.83 Å². The van der Waals surface area contributed by atoms with Gasteiger partial charge in [-0.05, 0) is 30.7 Å². The van der Waals surface area contributed by atoms with E-state index in [2.05, 4.69) is 6.58 Å². The van der Waals surface area contributed by atoms with Crippen LogP contribution >= 0.6 is 0 Å². The van der Waals surface area contributed by atoms with Crippen LogP contribution in [0.4, 0.5) is 10.1 Å². The molecule has 1 atom stereocenters. The summed E-state index contributed by atoms with van der Waals surface area (Å²) in [5.41, 5.74) is 0.784. The van der Waals surface area contributed by atoms with Gasteiger partial charge in [-0.1, -0.05) is 6.58 Å². The number of benzene rings is 1. The summed E-state index contributed by atoms with van der Waals surface area (Å²) in [6.45, 7) is 3.17. The van der Waals surface area contributed by atoms with E-state index in [1.807, 2.05) is 0 Å². The molecule has 0 spiro atoms. The Balaban J connectivity index is 2.32. The van der Waals surface area contributed by atoms with Crippen LogP contribution in [0.15, 0.2) is 30.8 Å². The van der Waals surface area contributed by atoms with Gasteiger partial charge in [0.05, 0.1) is 0 Å². The number of carbonyl (C=O) groups is 2. The van der Waals surface area contributed by atoms with Crippen LogP contribution in [0, 0.1) is 0 Å². The lowest BCUT2D eigenvalue weighted by molar-refractivity contribution is -0.138. The number of carbonyl (C=O) groups excluding carboxylic acids is 1. The van der Waals surface area contributed by atoms with Crippen molar-refractivity contribution in [2.75, 3.05) is 4.90 Å². The molecule has 1 aliphatic heterocycles. The van der Waals surface area contributed by atoms with E-state index < -0.39 is 17.8 Å². The summed E-state index contributed by atoms with van der Waals surface area (Å²) in [4.78, 5) is 24.0. The van der Waals surface area contributed by atoms with Crippen LogP contribution in [-0.2, 0) is 9.59 Å². The van der Waals surface area contributed by atoms with Gasteiger partial charge < -0.3 is 5.11 Å². The van der Waals surface area contributed by atoms with Crippen molar-refractivity contribution in [1.82, 2.24) is 0 Å². The molecule has 5 heteroatoms. The van der Waals surface area contributed by atoms with E-state index in [1.54, 1.807) is 0 Å². The summed E-state index contributed by atoms with van der Waals surface area (Å²) < 4.78 is 12.9. The Morgan fingerprint density at radius 1 is 1.39 bits per heavy atom. The standard InChI is InChI=1S/C13H12FNO3/c1-8(14)9-2-4-10(5-3-9)15-11(13(17)18)6-7-12(15)16/h2-5,11H,1,6-7H2,(H,17,18). The number of carboxylic acid groups (broad SMARTS) is 1. The monoisotopic (exact) mass is 249 g/mol. The lowest BCUT2D eigenvalue weighted by Crippen LogP contribution is -2.38. The van der Waals surface area contributed by atoms with Gasteiger partial charge in [0.2, 0.25) is 5.91 Å². The smallest absolute Gasteiger partial charge is 0.326 e. The van der Waals surface area contributed by atoms with Gasteiger partial charge in [0.25, 0.3) is 0 Å². The number of anilines is 1. The van der Waals surface area contributed by atoms with Crippen molar-refractivity contribution in [3.63, 3.8) is 0 Å². The second-order valence-corrected chi connectivity index (χ2v) is 4.11. The largest absolute Gasteiger partial charge is 0.480 e. The molecule has 0 radical (unpaired) electrons. The van der Waals surface area contributed by atoms with E-state index in [0.29, 0.717) is 17.7 Å². The van der Waals surface area contributed by atoms with Gasteiger partial charge in [-0.25, -0.2) is 9.18 Å². The summed E-state index contributed by atoms with van der Waals surface area (Å²) in [5, 5.41) is 9.04. The molecule has 4 nitrogen and oxygen atoms in total. The number of carboxylic acids is 1. The van der Waals surface area contributed by atoms with Crippen LogP contribution in [0.3, 0.4) is 0 Å². The zero-order valence-electron chi connectivity index (χ0n) is 9.60. The molecule has 0 bridgehead atoms. The normalized spacial score (nSPS) is 19.1. The maximum absolute atomic E-state index is 12.9. The van der Waals surface area contributed by atoms with Gasteiger partial charge in [0.1, 0.15) is 11.9 Å². The Hall–Kier alpha value is -2.17. The number of halogens is 1. The molecule has 18 heavy (non-hydrogen) atoms. The summed E-state index contributed by atoms with van der Waals surface area (Å²) in [7, 11) is 0. The molecule has 1 heterocycles. The Kier molecular flexibility index (Phi) is 3.14. The Morgan fingerprint density at radius 3 is 2.50 bits per heavy atom. The first-order valence-electron chi connectivity index (χ1n) is 5.50. The predicted molar refractivity (Wildman–Crippen MR) is 64.7 cm³/mol. The van der Waals surface area contributed by atoms with Crippen LogP contribution in [0.5, 0.6) is 0 Å². The Bertz CT molecular complexity index is 509. The lowest BCUT2D eigenvalue weighted by Gasteiger charge is -2.21. The molecule has 0 saturated carbocycles. The molecule has 1 aromatic carbocycles. The first kappa shape index (κ1) is 12.3. The molecule has 1 aromatic rings. The third-order valence-corrected chi connectivity index (χ3v) is 2.96. The second-order valence-electron chi connectivity index (χ2n) is 4.11. The summed E-state index contributed by atoms with van der Waals surface area (Å²) in [5.74, 6) is -1.82. The van der Waals surface area contributed by atoms with Crippen molar-refractivity contribution in [3.05, 3.63) is 36.4 Å².